The smallest absolute Gasteiger partial charge is 0.263 e. The number of rotatable bonds is 3. The monoisotopic (exact) mass is 307 g/mol. The molecule has 1 N–H and O–H groups in total. The van der Waals surface area contributed by atoms with Gasteiger partial charge >= 0.3 is 0 Å². The number of hydrogen-bond acceptors (Lipinski definition) is 4. The van der Waals surface area contributed by atoms with E-state index in [1.807, 2.05) is 13.8 Å². The van der Waals surface area contributed by atoms with Gasteiger partial charge in [-0.3, -0.25) is 5.10 Å². The van der Waals surface area contributed by atoms with Crippen molar-refractivity contribution in [2.45, 2.75) is 43.8 Å². The molecule has 1 aromatic heterocycles. The Bertz CT molecular complexity index is 558. The van der Waals surface area contributed by atoms with Crippen LogP contribution in [-0.4, -0.2) is 48.2 Å². The minimum Gasteiger partial charge on any atom is -0.375 e. The lowest BCUT2D eigenvalue weighted by atomic mass is 10.2. The van der Waals surface area contributed by atoms with E-state index in [-0.39, 0.29) is 23.1 Å². The van der Waals surface area contributed by atoms with Crippen molar-refractivity contribution < 1.29 is 13.2 Å². The zero-order valence-corrected chi connectivity index (χ0v) is 12.8. The van der Waals surface area contributed by atoms with E-state index in [0.29, 0.717) is 24.4 Å². The highest BCUT2D eigenvalue weighted by molar-refractivity contribution is 7.89. The van der Waals surface area contributed by atoms with Gasteiger partial charge in [-0.15, -0.1) is 11.6 Å². The zero-order valence-electron chi connectivity index (χ0n) is 11.2. The fourth-order valence-electron chi connectivity index (χ4n) is 2.12. The molecule has 2 atom stereocenters. The summed E-state index contributed by atoms with van der Waals surface area (Å²) in [6.07, 6.45) is -0.120. The lowest BCUT2D eigenvalue weighted by molar-refractivity contribution is -0.0171. The minimum absolute atomic E-state index is 0.0287. The van der Waals surface area contributed by atoms with Crippen LogP contribution in [0.2, 0.25) is 0 Å². The molecule has 0 amide bonds. The lowest BCUT2D eigenvalue weighted by Crippen LogP contribution is -2.50. The van der Waals surface area contributed by atoms with Crippen LogP contribution < -0.4 is 0 Å². The van der Waals surface area contributed by atoms with Gasteiger partial charge in [-0.1, -0.05) is 0 Å². The minimum atomic E-state index is -3.64. The number of morpholine rings is 1. The van der Waals surface area contributed by atoms with Gasteiger partial charge in [0.1, 0.15) is 0 Å². The largest absolute Gasteiger partial charge is 0.375 e. The quantitative estimate of drug-likeness (QED) is 0.853. The first kappa shape index (κ1) is 14.8. The molecule has 0 bridgehead atoms. The van der Waals surface area contributed by atoms with Crippen molar-refractivity contribution in [2.24, 2.45) is 0 Å². The van der Waals surface area contributed by atoms with Gasteiger partial charge in [-0.25, -0.2) is 8.42 Å². The third-order valence-corrected chi connectivity index (χ3v) is 5.49. The lowest BCUT2D eigenvalue weighted by Gasteiger charge is -2.35. The van der Waals surface area contributed by atoms with Gasteiger partial charge in [-0.05, 0) is 20.8 Å². The molecule has 19 heavy (non-hydrogen) atoms. The zero-order chi connectivity index (χ0) is 14.2. The molecule has 1 aromatic rings. The molecule has 0 aliphatic carbocycles. The Morgan fingerprint density at radius 2 is 2.21 bits per heavy atom. The Labute approximate surface area is 118 Å². The van der Waals surface area contributed by atoms with Gasteiger partial charge in [-0.2, -0.15) is 9.40 Å². The first-order valence-corrected chi connectivity index (χ1v) is 8.08. The molecule has 2 heterocycles. The van der Waals surface area contributed by atoms with E-state index < -0.39 is 10.0 Å². The van der Waals surface area contributed by atoms with Crippen LogP contribution in [0.3, 0.4) is 0 Å². The molecule has 1 aliphatic rings. The summed E-state index contributed by atoms with van der Waals surface area (Å²) in [5.41, 5.74) is 1.22. The first-order valence-electron chi connectivity index (χ1n) is 6.11. The van der Waals surface area contributed by atoms with Crippen molar-refractivity contribution >= 4 is 21.6 Å². The molecule has 1 aliphatic heterocycles. The molecule has 8 heteroatoms. The standard InChI is InChI=1S/C11H18ClN3O3S/c1-7-6-18-8(2)5-15(7)19(16,17)11-10(4-12)9(3)13-14-11/h7-8H,4-6H2,1-3H3,(H,13,14). The average Bonchev–Trinajstić information content (AvgIpc) is 2.74. The Balaban J connectivity index is 2.41. The van der Waals surface area contributed by atoms with E-state index in [0.717, 1.165) is 0 Å². The average molecular weight is 308 g/mol. The fraction of sp³-hybridized carbons (Fsp3) is 0.727. The van der Waals surface area contributed by atoms with Crippen LogP contribution in [0.25, 0.3) is 0 Å². The van der Waals surface area contributed by atoms with Gasteiger partial charge in [0.05, 0.1) is 18.6 Å². The normalized spacial score (nSPS) is 25.7. The summed E-state index contributed by atoms with van der Waals surface area (Å²) in [5, 5.41) is 6.63. The van der Waals surface area contributed by atoms with Crippen LogP contribution in [0.5, 0.6) is 0 Å². The van der Waals surface area contributed by atoms with Crippen molar-refractivity contribution in [1.29, 1.82) is 0 Å². The second kappa shape index (κ2) is 5.40. The molecule has 2 rings (SSSR count). The summed E-state index contributed by atoms with van der Waals surface area (Å²) in [6.45, 7) is 6.15. The van der Waals surface area contributed by atoms with E-state index in [1.165, 1.54) is 4.31 Å². The molecule has 6 nitrogen and oxygen atoms in total. The van der Waals surface area contributed by atoms with E-state index in [9.17, 15) is 8.42 Å². The Morgan fingerprint density at radius 1 is 1.53 bits per heavy atom. The summed E-state index contributed by atoms with van der Waals surface area (Å²) in [6, 6.07) is -0.207. The van der Waals surface area contributed by atoms with Gasteiger partial charge in [0.2, 0.25) is 0 Å². The summed E-state index contributed by atoms with van der Waals surface area (Å²) in [4.78, 5) is 0. The number of aromatic amines is 1. The predicted octanol–water partition coefficient (Wildman–Crippen LogP) is 1.25. The van der Waals surface area contributed by atoms with Gasteiger partial charge in [0, 0.05) is 23.8 Å². The Kier molecular flexibility index (Phi) is 4.20. The maximum absolute atomic E-state index is 12.7. The maximum atomic E-state index is 12.7. The highest BCUT2D eigenvalue weighted by Crippen LogP contribution is 2.25. The molecule has 0 spiro atoms. The summed E-state index contributed by atoms with van der Waals surface area (Å²) in [7, 11) is -3.64. The fourth-order valence-corrected chi connectivity index (χ4v) is 4.39. The number of H-pyrrole nitrogens is 1. The number of halogens is 1. The van der Waals surface area contributed by atoms with Crippen LogP contribution in [0.1, 0.15) is 25.1 Å². The molecule has 108 valence electrons. The predicted molar refractivity (Wildman–Crippen MR) is 71.6 cm³/mol. The van der Waals surface area contributed by atoms with E-state index in [1.54, 1.807) is 6.92 Å². The second-order valence-electron chi connectivity index (χ2n) is 4.83. The number of sulfonamides is 1. The molecule has 1 saturated heterocycles. The van der Waals surface area contributed by atoms with Crippen LogP contribution in [0.15, 0.2) is 5.03 Å². The highest BCUT2D eigenvalue weighted by Gasteiger charge is 2.37. The maximum Gasteiger partial charge on any atom is 0.263 e. The van der Waals surface area contributed by atoms with Crippen LogP contribution >= 0.6 is 11.6 Å². The SMILES string of the molecule is Cc1[nH]nc(S(=O)(=O)N2CC(C)OCC2C)c1CCl. The number of hydrogen-bond donors (Lipinski definition) is 1. The molecular formula is C11H18ClN3O3S. The second-order valence-corrected chi connectivity index (χ2v) is 6.91. The van der Waals surface area contributed by atoms with Crippen molar-refractivity contribution in [3.05, 3.63) is 11.3 Å². The molecule has 0 radical (unpaired) electrons. The number of nitrogens with one attached hydrogen (secondary N) is 1. The van der Waals surface area contributed by atoms with E-state index in [2.05, 4.69) is 10.2 Å². The summed E-state index contributed by atoms with van der Waals surface area (Å²) >= 11 is 5.82. The van der Waals surface area contributed by atoms with Crippen molar-refractivity contribution in [1.82, 2.24) is 14.5 Å². The molecule has 2 unspecified atom stereocenters. The molecule has 1 fully saturated rings. The van der Waals surface area contributed by atoms with Crippen molar-refractivity contribution in [2.75, 3.05) is 13.2 Å². The molecule has 0 aromatic carbocycles. The highest BCUT2D eigenvalue weighted by atomic mass is 35.5. The molecular weight excluding hydrogens is 290 g/mol. The third-order valence-electron chi connectivity index (χ3n) is 3.27. The van der Waals surface area contributed by atoms with Gasteiger partial charge in [0.15, 0.2) is 5.03 Å². The van der Waals surface area contributed by atoms with E-state index >= 15 is 0 Å². The number of alkyl halides is 1. The van der Waals surface area contributed by atoms with Crippen molar-refractivity contribution in [3.8, 4) is 0 Å². The Hall–Kier alpha value is -0.630. The number of aryl methyl sites for hydroxylation is 1. The first-order chi connectivity index (χ1) is 8.87. The number of aromatic nitrogens is 2. The Morgan fingerprint density at radius 3 is 2.84 bits per heavy atom. The van der Waals surface area contributed by atoms with E-state index in [4.69, 9.17) is 16.3 Å². The number of ether oxygens (including phenoxy) is 1. The topological polar surface area (TPSA) is 75.3 Å². The number of nitrogens with zero attached hydrogens (tertiary/aromatic N) is 2. The summed E-state index contributed by atoms with van der Waals surface area (Å²) in [5.74, 6) is 0.116. The van der Waals surface area contributed by atoms with Crippen LogP contribution in [0, 0.1) is 6.92 Å². The van der Waals surface area contributed by atoms with Gasteiger partial charge < -0.3 is 4.74 Å². The van der Waals surface area contributed by atoms with Crippen molar-refractivity contribution in [3.63, 3.8) is 0 Å². The van der Waals surface area contributed by atoms with Crippen LogP contribution in [-0.2, 0) is 20.6 Å². The summed E-state index contributed by atoms with van der Waals surface area (Å²) < 4.78 is 32.2. The van der Waals surface area contributed by atoms with Gasteiger partial charge in [0.25, 0.3) is 10.0 Å². The van der Waals surface area contributed by atoms with Crippen LogP contribution in [0.4, 0.5) is 0 Å². The third kappa shape index (κ3) is 2.65. The molecule has 0 saturated carbocycles.